The molecule has 4 heterocycles. The van der Waals surface area contributed by atoms with Crippen LogP contribution in [0.3, 0.4) is 0 Å². The smallest absolute Gasteiger partial charge is 0.382 e. The number of anilines is 2. The van der Waals surface area contributed by atoms with Crippen LogP contribution in [0, 0.1) is 0 Å². The molecule has 4 rings (SSSR count). The van der Waals surface area contributed by atoms with E-state index >= 15 is 0 Å². The maximum absolute atomic E-state index is 11.7. The minimum Gasteiger partial charge on any atom is -0.382 e. The highest BCUT2D eigenvalue weighted by Crippen LogP contribution is 2.53. The van der Waals surface area contributed by atoms with E-state index in [2.05, 4.69) is 20.3 Å². The number of nitrogen functional groups attached to an aromatic ring is 1. The van der Waals surface area contributed by atoms with Crippen molar-refractivity contribution in [2.75, 3.05) is 31.8 Å². The van der Waals surface area contributed by atoms with Crippen molar-refractivity contribution in [1.29, 1.82) is 0 Å². The van der Waals surface area contributed by atoms with E-state index in [0.717, 1.165) is 0 Å². The Morgan fingerprint density at radius 3 is 3.04 bits per heavy atom. The molecule has 1 unspecified atom stereocenters. The summed E-state index contributed by atoms with van der Waals surface area (Å²) < 4.78 is 34.9. The van der Waals surface area contributed by atoms with Crippen LogP contribution in [-0.2, 0) is 23.1 Å². The number of aromatic nitrogens is 4. The van der Waals surface area contributed by atoms with Crippen LogP contribution in [0.1, 0.15) is 6.23 Å². The molecule has 2 fully saturated rings. The second-order valence-electron chi connectivity index (χ2n) is 5.59. The molecule has 136 valence electrons. The van der Waals surface area contributed by atoms with E-state index in [1.807, 2.05) is 0 Å². The molecular formula is C12H17N6O6P. The maximum atomic E-state index is 11.7. The van der Waals surface area contributed by atoms with Crippen LogP contribution in [0.25, 0.3) is 11.2 Å². The molecule has 2 aromatic heterocycles. The highest BCUT2D eigenvalue weighted by Gasteiger charge is 2.54. The Kier molecular flexibility index (Phi) is 3.90. The van der Waals surface area contributed by atoms with E-state index in [0.29, 0.717) is 17.1 Å². The standard InChI is InChI=1S/C12H17N6O6P/c1-14-12-17-6-9(13)15-4-16-10(6)18(12)11-8(21-2)7-5(23-11)3-22-25(19,20)24-7/h4-5,7-8,11H,3H2,1-2H3,(H,14,17)(H,19,20)(H2,13,15,16)/t5-,7-,8-,11-/m1/s1. The molecular weight excluding hydrogens is 355 g/mol. The average Bonchev–Trinajstić information content (AvgIpc) is 3.11. The molecule has 0 amide bonds. The monoisotopic (exact) mass is 372 g/mol. The molecule has 0 spiro atoms. The zero-order chi connectivity index (χ0) is 17.8. The summed E-state index contributed by atoms with van der Waals surface area (Å²) in [5, 5.41) is 2.95. The second-order valence-corrected chi connectivity index (χ2v) is 6.99. The summed E-state index contributed by atoms with van der Waals surface area (Å²) in [6, 6.07) is 0. The molecule has 2 saturated heterocycles. The van der Waals surface area contributed by atoms with Gasteiger partial charge >= 0.3 is 7.82 Å². The van der Waals surface area contributed by atoms with Crippen molar-refractivity contribution in [2.45, 2.75) is 24.5 Å². The molecule has 0 aliphatic carbocycles. The molecule has 13 heteroatoms. The molecule has 25 heavy (non-hydrogen) atoms. The van der Waals surface area contributed by atoms with Crippen LogP contribution in [0.5, 0.6) is 0 Å². The van der Waals surface area contributed by atoms with Gasteiger partial charge in [-0.25, -0.2) is 19.5 Å². The number of nitrogens with two attached hydrogens (primary N) is 1. The number of ether oxygens (including phenoxy) is 2. The summed E-state index contributed by atoms with van der Waals surface area (Å²) in [5.74, 6) is 0.657. The van der Waals surface area contributed by atoms with Gasteiger partial charge < -0.3 is 25.4 Å². The third-order valence-corrected chi connectivity index (χ3v) is 5.18. The number of methoxy groups -OCH3 is 1. The fraction of sp³-hybridized carbons (Fsp3) is 0.583. The fourth-order valence-corrected chi connectivity index (χ4v) is 4.08. The van der Waals surface area contributed by atoms with Crippen LogP contribution in [-0.4, -0.2) is 63.5 Å². The molecule has 0 aromatic carbocycles. The lowest BCUT2D eigenvalue weighted by atomic mass is 10.1. The number of hydrogen-bond donors (Lipinski definition) is 3. The Balaban J connectivity index is 1.81. The SMILES string of the molecule is CNc1nc2c(N)ncnc2n1[C@@H]1O[C@@H]2COP(=O)(O)O[C@H]2[C@H]1OC. The van der Waals surface area contributed by atoms with Gasteiger partial charge in [-0.3, -0.25) is 13.6 Å². The first-order valence-electron chi connectivity index (χ1n) is 7.45. The normalized spacial score (nSPS) is 35.0. The predicted molar refractivity (Wildman–Crippen MR) is 84.6 cm³/mol. The quantitative estimate of drug-likeness (QED) is 0.617. The van der Waals surface area contributed by atoms with Crippen LogP contribution in [0.15, 0.2) is 6.33 Å². The lowest BCUT2D eigenvalue weighted by Gasteiger charge is -2.29. The van der Waals surface area contributed by atoms with Gasteiger partial charge in [0.1, 0.15) is 24.6 Å². The van der Waals surface area contributed by atoms with E-state index in [-0.39, 0.29) is 12.4 Å². The summed E-state index contributed by atoms with van der Waals surface area (Å²) in [6.07, 6.45) is -1.44. The van der Waals surface area contributed by atoms with E-state index in [1.165, 1.54) is 13.4 Å². The Bertz CT molecular complexity index is 860. The maximum Gasteiger partial charge on any atom is 0.472 e. The van der Waals surface area contributed by atoms with Crippen LogP contribution >= 0.6 is 7.82 Å². The molecule has 4 N–H and O–H groups in total. The van der Waals surface area contributed by atoms with E-state index in [4.69, 9.17) is 24.3 Å². The minimum atomic E-state index is -4.13. The van der Waals surface area contributed by atoms with Crippen molar-refractivity contribution >= 4 is 30.8 Å². The van der Waals surface area contributed by atoms with Crippen molar-refractivity contribution in [1.82, 2.24) is 19.5 Å². The highest BCUT2D eigenvalue weighted by atomic mass is 31.2. The van der Waals surface area contributed by atoms with Crippen molar-refractivity contribution in [3.05, 3.63) is 6.33 Å². The molecule has 2 aromatic rings. The number of hydrogen-bond acceptors (Lipinski definition) is 10. The Morgan fingerprint density at radius 1 is 1.52 bits per heavy atom. The van der Waals surface area contributed by atoms with Gasteiger partial charge in [-0.1, -0.05) is 0 Å². The van der Waals surface area contributed by atoms with E-state index in [1.54, 1.807) is 11.6 Å². The van der Waals surface area contributed by atoms with Gasteiger partial charge in [0.2, 0.25) is 5.95 Å². The number of phosphoric acid groups is 1. The first-order chi connectivity index (χ1) is 11.9. The van der Waals surface area contributed by atoms with Crippen LogP contribution < -0.4 is 11.1 Å². The number of nitrogens with one attached hydrogen (secondary N) is 1. The Hall–Kier alpha value is -1.82. The summed E-state index contributed by atoms with van der Waals surface area (Å²) in [4.78, 5) is 22.1. The molecule has 5 atom stereocenters. The fourth-order valence-electron chi connectivity index (χ4n) is 3.12. The van der Waals surface area contributed by atoms with Gasteiger partial charge in [-0.05, 0) is 0 Å². The van der Waals surface area contributed by atoms with Crippen LogP contribution in [0.2, 0.25) is 0 Å². The number of rotatable bonds is 3. The van der Waals surface area contributed by atoms with Crippen molar-refractivity contribution in [2.24, 2.45) is 0 Å². The van der Waals surface area contributed by atoms with Crippen molar-refractivity contribution in [3.63, 3.8) is 0 Å². The predicted octanol–water partition coefficient (Wildman–Crippen LogP) is -0.122. The Morgan fingerprint density at radius 2 is 2.32 bits per heavy atom. The zero-order valence-corrected chi connectivity index (χ0v) is 14.3. The topological polar surface area (TPSA) is 156 Å². The van der Waals surface area contributed by atoms with Gasteiger partial charge in [0.25, 0.3) is 0 Å². The van der Waals surface area contributed by atoms with Gasteiger partial charge in [0.05, 0.1) is 6.61 Å². The third kappa shape index (κ3) is 2.58. The summed E-state index contributed by atoms with van der Waals surface area (Å²) in [5.41, 5.74) is 6.72. The summed E-state index contributed by atoms with van der Waals surface area (Å²) in [7, 11) is -0.980. The summed E-state index contributed by atoms with van der Waals surface area (Å²) >= 11 is 0. The van der Waals surface area contributed by atoms with Crippen molar-refractivity contribution < 1.29 is 28.0 Å². The average molecular weight is 372 g/mol. The van der Waals surface area contributed by atoms with E-state index < -0.39 is 32.4 Å². The van der Waals surface area contributed by atoms with Gasteiger partial charge in [0.15, 0.2) is 23.2 Å². The molecule has 12 nitrogen and oxygen atoms in total. The van der Waals surface area contributed by atoms with Gasteiger partial charge in [-0.2, -0.15) is 0 Å². The third-order valence-electron chi connectivity index (χ3n) is 4.20. The number of phosphoric ester groups is 1. The van der Waals surface area contributed by atoms with Crippen LogP contribution in [0.4, 0.5) is 11.8 Å². The van der Waals surface area contributed by atoms with Gasteiger partial charge in [0, 0.05) is 14.2 Å². The van der Waals surface area contributed by atoms with E-state index in [9.17, 15) is 9.46 Å². The first-order valence-corrected chi connectivity index (χ1v) is 8.95. The lowest BCUT2D eigenvalue weighted by molar-refractivity contribution is -0.0662. The van der Waals surface area contributed by atoms with Gasteiger partial charge in [-0.15, -0.1) is 0 Å². The molecule has 2 aliphatic heterocycles. The molecule has 0 radical (unpaired) electrons. The summed E-state index contributed by atoms with van der Waals surface area (Å²) in [6.45, 7) is -0.0898. The second kappa shape index (κ2) is 5.87. The van der Waals surface area contributed by atoms with Crippen molar-refractivity contribution in [3.8, 4) is 0 Å². The first kappa shape index (κ1) is 16.6. The highest BCUT2D eigenvalue weighted by molar-refractivity contribution is 7.47. The zero-order valence-electron chi connectivity index (χ0n) is 13.4. The minimum absolute atomic E-state index is 0.0898. The molecule has 2 aliphatic rings. The largest absolute Gasteiger partial charge is 0.472 e. The lowest BCUT2D eigenvalue weighted by Crippen LogP contribution is -2.40. The number of nitrogens with zero attached hydrogens (tertiary/aromatic N) is 4. The molecule has 0 saturated carbocycles. The number of imidazole rings is 1. The Labute approximate surface area is 141 Å². The molecule has 0 bridgehead atoms. The number of fused-ring (bicyclic) bond motifs is 2.